The van der Waals surface area contributed by atoms with Crippen molar-refractivity contribution < 1.29 is 46.9 Å². The molecule has 2 aromatic heterocycles. The molecular weight excluding hydrogens is 1130 g/mol. The van der Waals surface area contributed by atoms with Gasteiger partial charge in [-0.2, -0.15) is 0 Å². The van der Waals surface area contributed by atoms with Crippen LogP contribution in [0.1, 0.15) is 85.6 Å². The number of aliphatic imine (C=N–C) groups is 2. The minimum Gasteiger partial charge on any atom is -0.468 e. The quantitative estimate of drug-likeness (QED) is 0.0869. The summed E-state index contributed by atoms with van der Waals surface area (Å²) in [4.78, 5) is 79.0. The van der Waals surface area contributed by atoms with Crippen LogP contribution in [0.25, 0.3) is 0 Å². The summed E-state index contributed by atoms with van der Waals surface area (Å²) in [6.45, 7) is 8.34. The van der Waals surface area contributed by atoms with Gasteiger partial charge in [-0.15, -0.1) is 22.7 Å². The minimum atomic E-state index is -0.674. The Morgan fingerprint density at radius 3 is 1.43 bits per heavy atom. The third-order valence-electron chi connectivity index (χ3n) is 14.1. The smallest absolute Gasteiger partial charge is 0.338 e. The lowest BCUT2D eigenvalue weighted by Gasteiger charge is -2.32. The first-order valence-corrected chi connectivity index (χ1v) is 28.0. The number of aromatic nitrogens is 2. The second kappa shape index (κ2) is 23.7. The Morgan fingerprint density at radius 1 is 0.662 bits per heavy atom. The van der Waals surface area contributed by atoms with Crippen LogP contribution >= 0.6 is 54.5 Å². The molecule has 4 saturated heterocycles. The van der Waals surface area contributed by atoms with Crippen molar-refractivity contribution in [2.75, 3.05) is 66.7 Å². The molecule has 0 aliphatic carbocycles. The molecule has 0 radical (unpaired) electrons. The fraction of sp³-hybridized carbons (Fsp3) is 0.462. The number of likely N-dealkylation sites (tertiary alicyclic amines) is 2. The number of carbonyl (C=O) groups excluding carboxylic acids is 4. The van der Waals surface area contributed by atoms with Crippen LogP contribution in [-0.2, 0) is 38.1 Å². The SMILES string of the molecule is CCOC(=O)C1=C2C[C@@H](CN3CCC[C@H]3C(=O)OC)CN2C(c2nccs2)=N[C@H]1c1ccc(F)cc1Br.CCOC(=O)C1=C2C[C@H](CN3CCC[C@H]3C(=O)OC)CN2C(c2nccs2)=N[C@H]1c1ccc(F)cc1Br. The Bertz CT molecular complexity index is 2690. The lowest BCUT2D eigenvalue weighted by atomic mass is 9.93. The van der Waals surface area contributed by atoms with Gasteiger partial charge in [0.2, 0.25) is 0 Å². The summed E-state index contributed by atoms with van der Waals surface area (Å²) < 4.78 is 50.0. The van der Waals surface area contributed by atoms with E-state index < -0.39 is 24.0 Å². The van der Waals surface area contributed by atoms with Gasteiger partial charge in [0.15, 0.2) is 21.7 Å². The highest BCUT2D eigenvalue weighted by atomic mass is 79.9. The van der Waals surface area contributed by atoms with E-state index in [1.54, 1.807) is 38.4 Å². The summed E-state index contributed by atoms with van der Waals surface area (Å²) >= 11 is 9.91. The topological polar surface area (TPSA) is 169 Å². The molecule has 22 heteroatoms. The highest BCUT2D eigenvalue weighted by molar-refractivity contribution is 9.10. The van der Waals surface area contributed by atoms with Crippen molar-refractivity contribution in [3.8, 4) is 0 Å². The molecule has 6 aliphatic rings. The zero-order valence-corrected chi connectivity index (χ0v) is 46.1. The van der Waals surface area contributed by atoms with Crippen molar-refractivity contribution in [3.63, 3.8) is 0 Å². The molecule has 4 fully saturated rings. The van der Waals surface area contributed by atoms with E-state index in [0.717, 1.165) is 60.2 Å². The van der Waals surface area contributed by atoms with Gasteiger partial charge in [-0.1, -0.05) is 44.0 Å². The largest absolute Gasteiger partial charge is 0.468 e. The van der Waals surface area contributed by atoms with E-state index in [1.165, 1.54) is 61.2 Å². The van der Waals surface area contributed by atoms with Crippen LogP contribution in [0.3, 0.4) is 0 Å². The van der Waals surface area contributed by atoms with Gasteiger partial charge in [0, 0.05) is 69.7 Å². The number of hydrogen-bond donors (Lipinski definition) is 0. The number of nitrogens with zero attached hydrogens (tertiary/aromatic N) is 8. The molecule has 4 aromatic rings. The Morgan fingerprint density at radius 2 is 1.08 bits per heavy atom. The van der Waals surface area contributed by atoms with E-state index in [-0.39, 0.29) is 60.7 Å². The van der Waals surface area contributed by atoms with Gasteiger partial charge in [0.1, 0.15) is 35.8 Å². The van der Waals surface area contributed by atoms with Crippen molar-refractivity contribution in [2.24, 2.45) is 21.8 Å². The number of esters is 4. The van der Waals surface area contributed by atoms with Crippen molar-refractivity contribution in [2.45, 2.75) is 76.5 Å². The van der Waals surface area contributed by atoms with Crippen LogP contribution in [0.4, 0.5) is 8.78 Å². The summed E-state index contributed by atoms with van der Waals surface area (Å²) in [5, 5.41) is 5.28. The highest BCUT2D eigenvalue weighted by Gasteiger charge is 2.46. The second-order valence-electron chi connectivity index (χ2n) is 18.6. The number of hydrogen-bond acceptors (Lipinski definition) is 18. The summed E-state index contributed by atoms with van der Waals surface area (Å²) in [6.07, 6.45) is 8.16. The number of rotatable bonds is 14. The van der Waals surface area contributed by atoms with Crippen LogP contribution in [0.15, 0.2) is 101 Å². The van der Waals surface area contributed by atoms with E-state index >= 15 is 0 Å². The fourth-order valence-electron chi connectivity index (χ4n) is 11.0. The van der Waals surface area contributed by atoms with E-state index in [4.69, 9.17) is 28.9 Å². The molecule has 8 heterocycles. The lowest BCUT2D eigenvalue weighted by Crippen LogP contribution is -2.41. The van der Waals surface area contributed by atoms with Gasteiger partial charge in [-0.05, 0) is 113 Å². The van der Waals surface area contributed by atoms with Gasteiger partial charge in [0.05, 0.1) is 38.6 Å². The van der Waals surface area contributed by atoms with Crippen molar-refractivity contribution in [1.82, 2.24) is 29.6 Å². The van der Waals surface area contributed by atoms with E-state index in [2.05, 4.69) is 61.4 Å². The Kier molecular flexibility index (Phi) is 17.2. The zero-order chi connectivity index (χ0) is 52.2. The number of methoxy groups -OCH3 is 2. The number of allylic oxidation sites excluding steroid dienone is 2. The van der Waals surface area contributed by atoms with Crippen LogP contribution in [-0.4, -0.2) is 144 Å². The number of ether oxygens (including phenoxy) is 4. The number of benzene rings is 2. The van der Waals surface area contributed by atoms with Gasteiger partial charge in [0.25, 0.3) is 0 Å². The molecule has 0 N–H and O–H groups in total. The van der Waals surface area contributed by atoms with E-state index in [0.29, 0.717) is 81.9 Å². The molecule has 0 unspecified atom stereocenters. The average Bonchev–Trinajstić information content (AvgIpc) is 4.26. The highest BCUT2D eigenvalue weighted by Crippen LogP contribution is 2.46. The van der Waals surface area contributed by atoms with Gasteiger partial charge in [-0.25, -0.2) is 28.3 Å². The third-order valence-corrected chi connectivity index (χ3v) is 17.0. The lowest BCUT2D eigenvalue weighted by molar-refractivity contribution is -0.146. The van der Waals surface area contributed by atoms with Crippen LogP contribution < -0.4 is 0 Å². The van der Waals surface area contributed by atoms with Gasteiger partial charge in [-0.3, -0.25) is 29.4 Å². The van der Waals surface area contributed by atoms with Crippen LogP contribution in [0, 0.1) is 23.5 Å². The standard InChI is InChI=1S/2C26H28BrFN4O4S/c2*1-3-36-26(34)21-20-11-15(13-31-9-4-5-19(31)25(33)35-2)14-32(20)23(24-29-8-10-37-24)30-22(21)17-7-6-16(28)12-18(17)27/h2*6-8,10,12,15,19,22H,3-5,9,11,13-14H2,1-2H3/t15-,19+,22+;15-,19-,22-/m10/s1. The zero-order valence-electron chi connectivity index (χ0n) is 41.3. The molecule has 2 aromatic carbocycles. The number of halogens is 4. The maximum Gasteiger partial charge on any atom is 0.338 e. The summed E-state index contributed by atoms with van der Waals surface area (Å²) in [7, 11) is 2.85. The van der Waals surface area contributed by atoms with Crippen LogP contribution in [0.5, 0.6) is 0 Å². The molecule has 392 valence electrons. The Hall–Kier alpha value is -5.26. The first kappa shape index (κ1) is 53.6. The molecule has 0 saturated carbocycles. The second-order valence-corrected chi connectivity index (χ2v) is 22.1. The van der Waals surface area contributed by atoms with Crippen molar-refractivity contribution in [1.29, 1.82) is 0 Å². The minimum absolute atomic E-state index is 0.158. The molecule has 74 heavy (non-hydrogen) atoms. The summed E-state index contributed by atoms with van der Waals surface area (Å²) in [5.41, 5.74) is 3.97. The predicted octanol–water partition coefficient (Wildman–Crippen LogP) is 8.65. The normalized spacial score (nSPS) is 23.7. The maximum absolute atomic E-state index is 13.9. The maximum atomic E-state index is 13.9. The molecule has 0 amide bonds. The molecule has 6 atom stereocenters. The van der Waals surface area contributed by atoms with Crippen molar-refractivity contribution >= 4 is 90.1 Å². The Balaban J connectivity index is 0.000000182. The van der Waals surface area contributed by atoms with Gasteiger partial charge >= 0.3 is 23.9 Å². The molecule has 0 bridgehead atoms. The molecule has 16 nitrogen and oxygen atoms in total. The number of carbonyl (C=O) groups is 4. The predicted molar refractivity (Wildman–Crippen MR) is 281 cm³/mol. The van der Waals surface area contributed by atoms with E-state index in [9.17, 15) is 28.0 Å². The molecule has 10 rings (SSSR count). The Labute approximate surface area is 452 Å². The number of amidine groups is 2. The first-order valence-electron chi connectivity index (χ1n) is 24.7. The van der Waals surface area contributed by atoms with Crippen molar-refractivity contribution in [3.05, 3.63) is 124 Å². The van der Waals surface area contributed by atoms with Gasteiger partial charge < -0.3 is 28.7 Å². The number of thiazole rings is 2. The number of fused-ring (bicyclic) bond motifs is 2. The summed E-state index contributed by atoms with van der Waals surface area (Å²) in [5.74, 6) is -0.337. The van der Waals surface area contributed by atoms with E-state index in [1.807, 2.05) is 10.8 Å². The van der Waals surface area contributed by atoms with Crippen LogP contribution in [0.2, 0.25) is 0 Å². The molecule has 0 spiro atoms. The summed E-state index contributed by atoms with van der Waals surface area (Å²) in [6, 6.07) is 6.98. The monoisotopic (exact) mass is 1180 g/mol. The fourth-order valence-corrected chi connectivity index (χ4v) is 13.4. The molecular formula is C52H56Br2F2N8O8S2. The average molecular weight is 1180 g/mol. The first-order chi connectivity index (χ1) is 35.8. The third kappa shape index (κ3) is 11.2. The molecule has 6 aliphatic heterocycles.